The first-order valence-electron chi connectivity index (χ1n) is 7.49. The van der Waals surface area contributed by atoms with E-state index in [0.29, 0.717) is 5.92 Å². The van der Waals surface area contributed by atoms with Gasteiger partial charge in [-0.3, -0.25) is 4.68 Å². The topological polar surface area (TPSA) is 38.0 Å². The molecular formula is C15H26N2O. The minimum Gasteiger partial charge on any atom is -0.392 e. The molecule has 3 heteroatoms. The molecule has 18 heavy (non-hydrogen) atoms. The van der Waals surface area contributed by atoms with Crippen molar-refractivity contribution in [3.8, 4) is 0 Å². The van der Waals surface area contributed by atoms with Crippen LogP contribution in [0.5, 0.6) is 0 Å². The molecule has 0 amide bonds. The number of aliphatic hydroxyl groups is 1. The van der Waals surface area contributed by atoms with Crippen molar-refractivity contribution in [2.45, 2.75) is 70.9 Å². The molecule has 1 unspecified atom stereocenters. The zero-order chi connectivity index (χ0) is 12.8. The molecule has 1 aliphatic rings. The van der Waals surface area contributed by atoms with Crippen LogP contribution in [0, 0.1) is 5.92 Å². The van der Waals surface area contributed by atoms with Crippen LogP contribution in [0.3, 0.4) is 0 Å². The zero-order valence-corrected chi connectivity index (χ0v) is 11.5. The highest BCUT2D eigenvalue weighted by Gasteiger charge is 2.20. The molecule has 0 aromatic carbocycles. The molecule has 3 nitrogen and oxygen atoms in total. The van der Waals surface area contributed by atoms with Crippen LogP contribution in [-0.2, 0) is 13.0 Å². The average Bonchev–Trinajstić information content (AvgIpc) is 2.76. The minimum absolute atomic E-state index is 0.183. The number of aliphatic hydroxyl groups excluding tert-OH is 1. The molecule has 1 aromatic rings. The van der Waals surface area contributed by atoms with Gasteiger partial charge in [0, 0.05) is 19.2 Å². The Kier molecular flexibility index (Phi) is 5.24. The smallest absolute Gasteiger partial charge is 0.0609 e. The van der Waals surface area contributed by atoms with Crippen molar-refractivity contribution in [2.24, 2.45) is 5.92 Å². The van der Waals surface area contributed by atoms with Crippen molar-refractivity contribution < 1.29 is 5.11 Å². The predicted molar refractivity (Wildman–Crippen MR) is 73.4 cm³/mol. The molecular weight excluding hydrogens is 224 g/mol. The first kappa shape index (κ1) is 13.6. The van der Waals surface area contributed by atoms with Gasteiger partial charge in [-0.2, -0.15) is 5.10 Å². The van der Waals surface area contributed by atoms with E-state index >= 15 is 0 Å². The summed E-state index contributed by atoms with van der Waals surface area (Å²) >= 11 is 0. The van der Waals surface area contributed by atoms with Crippen molar-refractivity contribution in [3.05, 3.63) is 18.0 Å². The van der Waals surface area contributed by atoms with E-state index in [4.69, 9.17) is 0 Å². The fourth-order valence-electron chi connectivity index (χ4n) is 2.97. The molecule has 1 N–H and O–H groups in total. The summed E-state index contributed by atoms with van der Waals surface area (Å²) in [6, 6.07) is 0. The molecule has 1 fully saturated rings. The van der Waals surface area contributed by atoms with Gasteiger partial charge in [0.05, 0.1) is 12.3 Å². The van der Waals surface area contributed by atoms with Crippen molar-refractivity contribution in [1.29, 1.82) is 0 Å². The van der Waals surface area contributed by atoms with Crippen molar-refractivity contribution in [1.82, 2.24) is 9.78 Å². The van der Waals surface area contributed by atoms with Gasteiger partial charge in [0.1, 0.15) is 0 Å². The number of aryl methyl sites for hydroxylation is 1. The molecule has 1 saturated carbocycles. The molecule has 1 atom stereocenters. The number of aromatic nitrogens is 2. The van der Waals surface area contributed by atoms with Crippen LogP contribution >= 0.6 is 0 Å². The standard InChI is InChI=1S/C15H26N2O/c1-2-17-12-13(11-16-17)10-15(18)14-8-6-4-3-5-7-9-14/h11-12,14-15,18H,2-10H2,1H3. The average molecular weight is 250 g/mol. The van der Waals surface area contributed by atoms with Gasteiger partial charge in [0.25, 0.3) is 0 Å². The molecule has 1 heterocycles. The van der Waals surface area contributed by atoms with Gasteiger partial charge in [-0.15, -0.1) is 0 Å². The minimum atomic E-state index is -0.183. The van der Waals surface area contributed by atoms with E-state index in [1.807, 2.05) is 10.9 Å². The fourth-order valence-corrected chi connectivity index (χ4v) is 2.97. The Labute approximate surface area is 110 Å². The van der Waals surface area contributed by atoms with E-state index in [9.17, 15) is 5.11 Å². The molecule has 0 bridgehead atoms. The predicted octanol–water partition coefficient (Wildman–Crippen LogP) is 3.17. The van der Waals surface area contributed by atoms with Crippen LogP contribution in [0.15, 0.2) is 12.4 Å². The van der Waals surface area contributed by atoms with E-state index in [1.165, 1.54) is 50.5 Å². The second kappa shape index (κ2) is 6.93. The Hall–Kier alpha value is -0.830. The molecule has 1 aliphatic carbocycles. The van der Waals surface area contributed by atoms with Crippen LogP contribution in [0.4, 0.5) is 0 Å². The van der Waals surface area contributed by atoms with Crippen LogP contribution in [0.2, 0.25) is 0 Å². The maximum atomic E-state index is 10.4. The molecule has 2 rings (SSSR count). The maximum absolute atomic E-state index is 10.4. The highest BCUT2D eigenvalue weighted by molar-refractivity contribution is 5.05. The molecule has 0 radical (unpaired) electrons. The summed E-state index contributed by atoms with van der Waals surface area (Å²) in [5.41, 5.74) is 1.17. The number of hydrogen-bond acceptors (Lipinski definition) is 2. The molecule has 0 saturated heterocycles. The monoisotopic (exact) mass is 250 g/mol. The second-order valence-electron chi connectivity index (χ2n) is 5.58. The van der Waals surface area contributed by atoms with Gasteiger partial charge in [-0.25, -0.2) is 0 Å². The Morgan fingerprint density at radius 1 is 1.28 bits per heavy atom. The summed E-state index contributed by atoms with van der Waals surface area (Å²) in [4.78, 5) is 0. The van der Waals surface area contributed by atoms with Gasteiger partial charge >= 0.3 is 0 Å². The summed E-state index contributed by atoms with van der Waals surface area (Å²) in [5, 5.41) is 14.7. The number of rotatable bonds is 4. The zero-order valence-electron chi connectivity index (χ0n) is 11.5. The first-order valence-corrected chi connectivity index (χ1v) is 7.49. The van der Waals surface area contributed by atoms with Crippen molar-refractivity contribution in [3.63, 3.8) is 0 Å². The SMILES string of the molecule is CCn1cc(CC(O)C2CCCCCCC2)cn1. The Morgan fingerprint density at radius 3 is 2.56 bits per heavy atom. The quantitative estimate of drug-likeness (QED) is 0.891. The van der Waals surface area contributed by atoms with Gasteiger partial charge in [0.15, 0.2) is 0 Å². The highest BCUT2D eigenvalue weighted by atomic mass is 16.3. The fraction of sp³-hybridized carbons (Fsp3) is 0.800. The summed E-state index contributed by atoms with van der Waals surface area (Å²) < 4.78 is 1.93. The molecule has 102 valence electrons. The third-order valence-corrected chi connectivity index (χ3v) is 4.15. The lowest BCUT2D eigenvalue weighted by molar-refractivity contribution is 0.0913. The lowest BCUT2D eigenvalue weighted by Crippen LogP contribution is -2.23. The third kappa shape index (κ3) is 3.84. The van der Waals surface area contributed by atoms with Gasteiger partial charge in [-0.05, 0) is 31.2 Å². The first-order chi connectivity index (χ1) is 8.79. The van der Waals surface area contributed by atoms with Crippen molar-refractivity contribution >= 4 is 0 Å². The second-order valence-corrected chi connectivity index (χ2v) is 5.58. The van der Waals surface area contributed by atoms with E-state index in [1.54, 1.807) is 0 Å². The van der Waals surface area contributed by atoms with E-state index in [0.717, 1.165) is 13.0 Å². The maximum Gasteiger partial charge on any atom is 0.0609 e. The molecule has 1 aromatic heterocycles. The van der Waals surface area contributed by atoms with Gasteiger partial charge in [0.2, 0.25) is 0 Å². The van der Waals surface area contributed by atoms with E-state index < -0.39 is 0 Å². The van der Waals surface area contributed by atoms with Crippen LogP contribution in [0.25, 0.3) is 0 Å². The third-order valence-electron chi connectivity index (χ3n) is 4.15. The number of nitrogens with zero attached hydrogens (tertiary/aromatic N) is 2. The summed E-state index contributed by atoms with van der Waals surface area (Å²) in [5.74, 6) is 0.496. The van der Waals surface area contributed by atoms with Crippen LogP contribution in [-0.4, -0.2) is 21.0 Å². The Balaban J connectivity index is 1.86. The largest absolute Gasteiger partial charge is 0.392 e. The Morgan fingerprint density at radius 2 is 1.94 bits per heavy atom. The van der Waals surface area contributed by atoms with Gasteiger partial charge in [-0.1, -0.05) is 32.1 Å². The van der Waals surface area contributed by atoms with Gasteiger partial charge < -0.3 is 5.11 Å². The lowest BCUT2D eigenvalue weighted by atomic mass is 9.85. The summed E-state index contributed by atoms with van der Waals surface area (Å²) in [6.45, 7) is 2.99. The van der Waals surface area contributed by atoms with Crippen LogP contribution < -0.4 is 0 Å². The summed E-state index contributed by atoms with van der Waals surface area (Å²) in [7, 11) is 0. The lowest BCUT2D eigenvalue weighted by Gasteiger charge is -2.24. The highest BCUT2D eigenvalue weighted by Crippen LogP contribution is 2.26. The number of hydrogen-bond donors (Lipinski definition) is 1. The molecule has 0 aliphatic heterocycles. The summed E-state index contributed by atoms with van der Waals surface area (Å²) in [6.07, 6.45) is 13.6. The van der Waals surface area contributed by atoms with Crippen LogP contribution in [0.1, 0.15) is 57.4 Å². The van der Waals surface area contributed by atoms with E-state index in [-0.39, 0.29) is 6.10 Å². The van der Waals surface area contributed by atoms with Crippen molar-refractivity contribution in [2.75, 3.05) is 0 Å². The molecule has 0 spiro atoms. The normalized spacial score (nSPS) is 20.3. The van der Waals surface area contributed by atoms with E-state index in [2.05, 4.69) is 18.2 Å². The Bertz CT molecular complexity index is 340.